The van der Waals surface area contributed by atoms with Crippen LogP contribution in [-0.4, -0.2) is 30.6 Å². The molecule has 2 aromatic rings. The Balaban J connectivity index is 2.10. The third-order valence-electron chi connectivity index (χ3n) is 3.46. The zero-order valence-corrected chi connectivity index (χ0v) is 11.2. The van der Waals surface area contributed by atoms with Crippen LogP contribution in [0, 0.1) is 6.92 Å². The molecular weight excluding hydrogens is 256 g/mol. The maximum Gasteiger partial charge on any atom is 0.236 e. The Hall–Kier alpha value is -2.44. The molecule has 3 N–H and O–H groups in total. The molecule has 0 saturated carbocycles. The van der Waals surface area contributed by atoms with Gasteiger partial charge in [-0.05, 0) is 38.7 Å². The molecule has 1 aliphatic carbocycles. The van der Waals surface area contributed by atoms with Gasteiger partial charge in [0.1, 0.15) is 12.0 Å². The number of hydrogen-bond acceptors (Lipinski definition) is 5. The lowest BCUT2D eigenvalue weighted by atomic mass is 10.0. The largest absolute Gasteiger partial charge is 0.409 e. The first-order valence-corrected chi connectivity index (χ1v) is 6.58. The monoisotopic (exact) mass is 272 g/mol. The highest BCUT2D eigenvalue weighted by molar-refractivity contribution is 5.95. The molecule has 104 valence electrons. The Morgan fingerprint density at radius 3 is 2.95 bits per heavy atom. The van der Waals surface area contributed by atoms with Crippen LogP contribution in [0.25, 0.3) is 5.95 Å². The number of oxime groups is 1. The molecule has 0 unspecified atom stereocenters. The lowest BCUT2D eigenvalue weighted by Gasteiger charge is -2.13. The summed E-state index contributed by atoms with van der Waals surface area (Å²) >= 11 is 0. The van der Waals surface area contributed by atoms with E-state index in [1.165, 1.54) is 6.42 Å². The summed E-state index contributed by atoms with van der Waals surface area (Å²) in [6.07, 6.45) is 6.05. The highest BCUT2D eigenvalue weighted by Crippen LogP contribution is 2.21. The van der Waals surface area contributed by atoms with Gasteiger partial charge < -0.3 is 10.9 Å². The quantitative estimate of drug-likeness (QED) is 0.366. The van der Waals surface area contributed by atoms with Crippen LogP contribution in [0.4, 0.5) is 0 Å². The van der Waals surface area contributed by atoms with Gasteiger partial charge in [-0.15, -0.1) is 0 Å². The van der Waals surface area contributed by atoms with Gasteiger partial charge >= 0.3 is 0 Å². The summed E-state index contributed by atoms with van der Waals surface area (Å²) in [4.78, 5) is 13.2. The van der Waals surface area contributed by atoms with E-state index in [0.717, 1.165) is 36.3 Å². The van der Waals surface area contributed by atoms with Crippen molar-refractivity contribution in [1.29, 1.82) is 0 Å². The number of imidazole rings is 1. The summed E-state index contributed by atoms with van der Waals surface area (Å²) in [7, 11) is 0. The molecule has 20 heavy (non-hydrogen) atoms. The number of rotatable bonds is 2. The van der Waals surface area contributed by atoms with Gasteiger partial charge in [0.25, 0.3) is 0 Å². The van der Waals surface area contributed by atoms with Gasteiger partial charge in [0.15, 0.2) is 5.84 Å². The summed E-state index contributed by atoms with van der Waals surface area (Å²) in [5.41, 5.74) is 9.05. The topological polar surface area (TPSA) is 102 Å². The summed E-state index contributed by atoms with van der Waals surface area (Å²) in [6.45, 7) is 1.85. The van der Waals surface area contributed by atoms with Crippen molar-refractivity contribution in [3.05, 3.63) is 35.2 Å². The van der Waals surface area contributed by atoms with E-state index in [0.29, 0.717) is 11.6 Å². The predicted molar refractivity (Wildman–Crippen MR) is 73.0 cm³/mol. The Morgan fingerprint density at radius 2 is 2.15 bits per heavy atom. The van der Waals surface area contributed by atoms with Crippen LogP contribution in [-0.2, 0) is 12.8 Å². The second-order valence-corrected chi connectivity index (χ2v) is 4.89. The number of hydrogen-bond donors (Lipinski definition) is 2. The molecule has 0 atom stereocenters. The van der Waals surface area contributed by atoms with Gasteiger partial charge in [-0.3, -0.25) is 4.57 Å². The molecule has 0 fully saturated rings. The molecule has 3 rings (SSSR count). The van der Waals surface area contributed by atoms with Crippen molar-refractivity contribution in [3.8, 4) is 5.95 Å². The van der Waals surface area contributed by atoms with Crippen LogP contribution in [0.15, 0.2) is 17.5 Å². The van der Waals surface area contributed by atoms with Gasteiger partial charge in [0, 0.05) is 11.4 Å². The molecule has 0 aliphatic heterocycles. The number of amidine groups is 1. The predicted octanol–water partition coefficient (Wildman–Crippen LogP) is 0.944. The van der Waals surface area contributed by atoms with Crippen molar-refractivity contribution in [2.24, 2.45) is 10.9 Å². The molecule has 1 aliphatic rings. The van der Waals surface area contributed by atoms with Crippen LogP contribution in [0.1, 0.15) is 35.6 Å². The number of nitrogens with zero attached hydrogens (tertiary/aromatic N) is 5. The first-order chi connectivity index (χ1) is 9.69. The first kappa shape index (κ1) is 12.6. The summed E-state index contributed by atoms with van der Waals surface area (Å²) in [6, 6.07) is 1.68. The molecular formula is C13H16N6O. The first-order valence-electron chi connectivity index (χ1n) is 6.58. The third kappa shape index (κ3) is 2.11. The van der Waals surface area contributed by atoms with Crippen molar-refractivity contribution in [3.63, 3.8) is 0 Å². The second kappa shape index (κ2) is 4.92. The van der Waals surface area contributed by atoms with E-state index >= 15 is 0 Å². The normalized spacial score (nSPS) is 15.2. The van der Waals surface area contributed by atoms with Crippen molar-refractivity contribution in [1.82, 2.24) is 19.5 Å². The number of fused-ring (bicyclic) bond motifs is 1. The minimum atomic E-state index is -0.0225. The smallest absolute Gasteiger partial charge is 0.236 e. The fraction of sp³-hybridized carbons (Fsp3) is 0.385. The van der Waals surface area contributed by atoms with Crippen LogP contribution in [0.3, 0.4) is 0 Å². The summed E-state index contributed by atoms with van der Waals surface area (Å²) < 4.78 is 1.90. The molecule has 0 saturated heterocycles. The SMILES string of the molecule is Cc1cc(/C(N)=N/O)nc(-n2cnc3c2CCCC3)n1. The van der Waals surface area contributed by atoms with Crippen LogP contribution in [0.2, 0.25) is 0 Å². The van der Waals surface area contributed by atoms with Crippen molar-refractivity contribution in [2.75, 3.05) is 0 Å². The molecule has 7 nitrogen and oxygen atoms in total. The molecule has 7 heteroatoms. The van der Waals surface area contributed by atoms with Gasteiger partial charge in [-0.2, -0.15) is 0 Å². The minimum absolute atomic E-state index is 0.0225. The minimum Gasteiger partial charge on any atom is -0.409 e. The standard InChI is InChI=1S/C13H16N6O/c1-8-6-10(12(14)18-20)17-13(16-8)19-7-15-9-4-2-3-5-11(9)19/h6-7,20H,2-5H2,1H3,(H2,14,18). The lowest BCUT2D eigenvalue weighted by molar-refractivity contribution is 0.318. The van der Waals surface area contributed by atoms with E-state index in [1.807, 2.05) is 11.5 Å². The zero-order chi connectivity index (χ0) is 14.1. The van der Waals surface area contributed by atoms with Gasteiger partial charge in [-0.1, -0.05) is 5.16 Å². The van der Waals surface area contributed by atoms with Gasteiger partial charge in [-0.25, -0.2) is 15.0 Å². The average molecular weight is 272 g/mol. The van der Waals surface area contributed by atoms with Gasteiger partial charge in [0.2, 0.25) is 5.95 Å². The van der Waals surface area contributed by atoms with E-state index in [1.54, 1.807) is 12.4 Å². The number of nitrogens with two attached hydrogens (primary N) is 1. The van der Waals surface area contributed by atoms with E-state index in [2.05, 4.69) is 20.1 Å². The van der Waals surface area contributed by atoms with E-state index in [9.17, 15) is 0 Å². The molecule has 0 amide bonds. The van der Waals surface area contributed by atoms with E-state index < -0.39 is 0 Å². The fourth-order valence-corrected chi connectivity index (χ4v) is 2.48. The Kier molecular flexibility index (Phi) is 3.09. The molecule has 0 radical (unpaired) electrons. The second-order valence-electron chi connectivity index (χ2n) is 4.89. The average Bonchev–Trinajstić information content (AvgIpc) is 2.89. The van der Waals surface area contributed by atoms with Crippen LogP contribution >= 0.6 is 0 Å². The Labute approximate surface area is 116 Å². The fourth-order valence-electron chi connectivity index (χ4n) is 2.48. The Morgan fingerprint density at radius 1 is 1.35 bits per heavy atom. The van der Waals surface area contributed by atoms with E-state index in [4.69, 9.17) is 10.9 Å². The Bertz CT molecular complexity index is 675. The molecule has 0 spiro atoms. The third-order valence-corrected chi connectivity index (χ3v) is 3.46. The zero-order valence-electron chi connectivity index (χ0n) is 11.2. The van der Waals surface area contributed by atoms with Crippen molar-refractivity contribution in [2.45, 2.75) is 32.6 Å². The van der Waals surface area contributed by atoms with Crippen molar-refractivity contribution >= 4 is 5.84 Å². The molecule has 0 aromatic carbocycles. The number of aromatic nitrogens is 4. The lowest BCUT2D eigenvalue weighted by Crippen LogP contribution is -2.18. The van der Waals surface area contributed by atoms with Crippen LogP contribution in [0.5, 0.6) is 0 Å². The van der Waals surface area contributed by atoms with Crippen LogP contribution < -0.4 is 5.73 Å². The van der Waals surface area contributed by atoms with E-state index in [-0.39, 0.29) is 5.84 Å². The summed E-state index contributed by atoms with van der Waals surface area (Å²) in [5, 5.41) is 11.8. The maximum absolute atomic E-state index is 8.78. The highest BCUT2D eigenvalue weighted by Gasteiger charge is 2.18. The number of aryl methyl sites for hydroxylation is 2. The van der Waals surface area contributed by atoms with Crippen molar-refractivity contribution < 1.29 is 5.21 Å². The molecule has 0 bridgehead atoms. The molecule has 2 aromatic heterocycles. The van der Waals surface area contributed by atoms with Gasteiger partial charge in [0.05, 0.1) is 5.69 Å². The highest BCUT2D eigenvalue weighted by atomic mass is 16.4. The maximum atomic E-state index is 8.78. The summed E-state index contributed by atoms with van der Waals surface area (Å²) in [5.74, 6) is 0.494. The molecule has 2 heterocycles.